The molecule has 0 saturated heterocycles. The number of aromatic amines is 1. The molecular weight excluding hydrogens is 312 g/mol. The van der Waals surface area contributed by atoms with Crippen molar-refractivity contribution in [1.29, 1.82) is 0 Å². The number of carbonyl (C=O) groups excluding carboxylic acids is 1. The Bertz CT molecular complexity index is 978. The lowest BCUT2D eigenvalue weighted by Gasteiger charge is -2.12. The van der Waals surface area contributed by atoms with Gasteiger partial charge in [-0.3, -0.25) is 5.10 Å². The number of aryl methyl sites for hydroxylation is 2. The van der Waals surface area contributed by atoms with Crippen LogP contribution in [0.1, 0.15) is 23.6 Å². The highest BCUT2D eigenvalue weighted by atomic mass is 16.2. The van der Waals surface area contributed by atoms with Gasteiger partial charge in [0.25, 0.3) is 0 Å². The molecule has 0 saturated carbocycles. The number of benzene rings is 2. The number of urea groups is 1. The van der Waals surface area contributed by atoms with Gasteiger partial charge in [0.05, 0.1) is 17.8 Å². The van der Waals surface area contributed by atoms with Crippen molar-refractivity contribution in [2.24, 2.45) is 0 Å². The molecule has 0 fully saturated rings. The molecule has 1 atom stereocenters. The summed E-state index contributed by atoms with van der Waals surface area (Å²) in [5.74, 6) is 6.13. The second kappa shape index (κ2) is 7.10. The Hall–Kier alpha value is -3.26. The standard InChI is InChI=1S/C20H20N4O/c1-13-4-5-14(2)19(10-13)23-20(25)22-15(3)6-7-16-8-9-18-17(11-16)12-21-24-18/h4-5,8-12,15H,1-3H3,(H,21,24)(H2,22,23,25). The average Bonchev–Trinajstić information content (AvgIpc) is 3.04. The summed E-state index contributed by atoms with van der Waals surface area (Å²) >= 11 is 0. The van der Waals surface area contributed by atoms with Crippen LogP contribution < -0.4 is 10.6 Å². The molecule has 5 heteroatoms. The highest BCUT2D eigenvalue weighted by Gasteiger charge is 2.07. The van der Waals surface area contributed by atoms with Gasteiger partial charge in [0.15, 0.2) is 0 Å². The van der Waals surface area contributed by atoms with Gasteiger partial charge < -0.3 is 10.6 Å². The molecule has 5 nitrogen and oxygen atoms in total. The van der Waals surface area contributed by atoms with Crippen LogP contribution in [0.4, 0.5) is 10.5 Å². The lowest BCUT2D eigenvalue weighted by atomic mass is 10.1. The minimum absolute atomic E-state index is 0.263. The number of carbonyl (C=O) groups is 1. The average molecular weight is 332 g/mol. The minimum Gasteiger partial charge on any atom is -0.325 e. The molecule has 3 aromatic rings. The summed E-state index contributed by atoms with van der Waals surface area (Å²) < 4.78 is 0. The van der Waals surface area contributed by atoms with E-state index in [-0.39, 0.29) is 12.1 Å². The van der Waals surface area contributed by atoms with Crippen LogP contribution in [-0.4, -0.2) is 22.3 Å². The minimum atomic E-state index is -0.273. The zero-order valence-electron chi connectivity index (χ0n) is 14.5. The first-order valence-electron chi connectivity index (χ1n) is 8.11. The SMILES string of the molecule is Cc1ccc(C)c(NC(=O)NC(C)C#Cc2ccc3[nH]ncc3c2)c1. The molecule has 0 aliphatic rings. The van der Waals surface area contributed by atoms with Crippen LogP contribution in [-0.2, 0) is 0 Å². The number of hydrogen-bond acceptors (Lipinski definition) is 2. The first kappa shape index (κ1) is 16.6. The first-order chi connectivity index (χ1) is 12.0. The highest BCUT2D eigenvalue weighted by Crippen LogP contribution is 2.16. The number of nitrogens with one attached hydrogen (secondary N) is 3. The van der Waals surface area contributed by atoms with E-state index in [0.717, 1.165) is 33.3 Å². The number of anilines is 1. The van der Waals surface area contributed by atoms with E-state index in [9.17, 15) is 4.79 Å². The molecule has 0 aliphatic heterocycles. The van der Waals surface area contributed by atoms with Gasteiger partial charge in [0.2, 0.25) is 0 Å². The van der Waals surface area contributed by atoms with Crippen LogP contribution in [0.5, 0.6) is 0 Å². The molecule has 1 unspecified atom stereocenters. The lowest BCUT2D eigenvalue weighted by Crippen LogP contribution is -2.35. The Morgan fingerprint density at radius 3 is 2.88 bits per heavy atom. The number of amides is 2. The molecule has 2 aromatic carbocycles. The zero-order valence-corrected chi connectivity index (χ0v) is 14.5. The summed E-state index contributed by atoms with van der Waals surface area (Å²) in [6.07, 6.45) is 1.76. The molecule has 25 heavy (non-hydrogen) atoms. The van der Waals surface area contributed by atoms with Crippen molar-refractivity contribution in [2.45, 2.75) is 26.8 Å². The lowest BCUT2D eigenvalue weighted by molar-refractivity contribution is 0.251. The number of rotatable bonds is 2. The van der Waals surface area contributed by atoms with Crippen molar-refractivity contribution in [2.75, 3.05) is 5.32 Å². The van der Waals surface area contributed by atoms with Gasteiger partial charge in [0.1, 0.15) is 0 Å². The Balaban J connectivity index is 1.63. The summed E-state index contributed by atoms with van der Waals surface area (Å²) in [6, 6.07) is 11.3. The van der Waals surface area contributed by atoms with Crippen molar-refractivity contribution >= 4 is 22.6 Å². The van der Waals surface area contributed by atoms with Crippen LogP contribution in [0.2, 0.25) is 0 Å². The molecule has 3 rings (SSSR count). The number of nitrogens with zero attached hydrogens (tertiary/aromatic N) is 1. The third-order valence-electron chi connectivity index (χ3n) is 3.86. The van der Waals surface area contributed by atoms with Gasteiger partial charge in [-0.05, 0) is 56.2 Å². The maximum absolute atomic E-state index is 12.1. The van der Waals surface area contributed by atoms with Crippen LogP contribution in [0.25, 0.3) is 10.9 Å². The number of hydrogen-bond donors (Lipinski definition) is 3. The quantitative estimate of drug-likeness (QED) is 0.626. The molecule has 0 spiro atoms. The summed E-state index contributed by atoms with van der Waals surface area (Å²) in [5, 5.41) is 13.6. The highest BCUT2D eigenvalue weighted by molar-refractivity contribution is 5.90. The Labute approximate surface area is 146 Å². The van der Waals surface area contributed by atoms with E-state index in [1.165, 1.54) is 0 Å². The predicted molar refractivity (Wildman–Crippen MR) is 101 cm³/mol. The molecule has 2 amide bonds. The fourth-order valence-corrected chi connectivity index (χ4v) is 2.47. The summed E-state index contributed by atoms with van der Waals surface area (Å²) in [6.45, 7) is 5.81. The van der Waals surface area contributed by atoms with E-state index in [1.807, 2.05) is 57.2 Å². The second-order valence-corrected chi connectivity index (χ2v) is 6.08. The van der Waals surface area contributed by atoms with Crippen molar-refractivity contribution < 1.29 is 4.79 Å². The topological polar surface area (TPSA) is 69.8 Å². The van der Waals surface area contributed by atoms with Crippen LogP contribution in [0.15, 0.2) is 42.6 Å². The van der Waals surface area contributed by atoms with Crippen molar-refractivity contribution in [3.8, 4) is 11.8 Å². The Morgan fingerprint density at radius 2 is 2.04 bits per heavy atom. The van der Waals surface area contributed by atoms with Crippen molar-refractivity contribution in [3.63, 3.8) is 0 Å². The van der Waals surface area contributed by atoms with Gasteiger partial charge >= 0.3 is 6.03 Å². The molecule has 0 bridgehead atoms. The fourth-order valence-electron chi connectivity index (χ4n) is 2.47. The normalized spacial score (nSPS) is 11.5. The molecular formula is C20H20N4O. The number of H-pyrrole nitrogens is 1. The van der Waals surface area contributed by atoms with E-state index >= 15 is 0 Å². The maximum atomic E-state index is 12.1. The molecule has 0 aliphatic carbocycles. The van der Waals surface area contributed by atoms with Gasteiger partial charge in [-0.2, -0.15) is 5.10 Å². The van der Waals surface area contributed by atoms with Gasteiger partial charge in [-0.1, -0.05) is 24.0 Å². The number of fused-ring (bicyclic) bond motifs is 1. The molecule has 126 valence electrons. The second-order valence-electron chi connectivity index (χ2n) is 6.08. The van der Waals surface area contributed by atoms with Crippen LogP contribution in [0.3, 0.4) is 0 Å². The molecule has 1 aromatic heterocycles. The predicted octanol–water partition coefficient (Wildman–Crippen LogP) is 3.74. The van der Waals surface area contributed by atoms with E-state index in [2.05, 4.69) is 32.7 Å². The Morgan fingerprint density at radius 1 is 1.20 bits per heavy atom. The van der Waals surface area contributed by atoms with E-state index in [4.69, 9.17) is 0 Å². The van der Waals surface area contributed by atoms with E-state index in [1.54, 1.807) is 6.20 Å². The molecule has 3 N–H and O–H groups in total. The third kappa shape index (κ3) is 4.18. The summed E-state index contributed by atoms with van der Waals surface area (Å²) in [7, 11) is 0. The van der Waals surface area contributed by atoms with Crippen LogP contribution >= 0.6 is 0 Å². The van der Waals surface area contributed by atoms with Gasteiger partial charge in [-0.25, -0.2) is 4.79 Å². The summed E-state index contributed by atoms with van der Waals surface area (Å²) in [4.78, 5) is 12.1. The maximum Gasteiger partial charge on any atom is 0.320 e. The van der Waals surface area contributed by atoms with Crippen molar-refractivity contribution in [1.82, 2.24) is 15.5 Å². The number of aromatic nitrogens is 2. The van der Waals surface area contributed by atoms with Crippen molar-refractivity contribution in [3.05, 3.63) is 59.3 Å². The first-order valence-corrected chi connectivity index (χ1v) is 8.11. The van der Waals surface area contributed by atoms with Crippen LogP contribution in [0, 0.1) is 25.7 Å². The van der Waals surface area contributed by atoms with E-state index in [0.29, 0.717) is 0 Å². The van der Waals surface area contributed by atoms with Gasteiger partial charge in [0, 0.05) is 16.6 Å². The Kier molecular flexibility index (Phi) is 4.71. The largest absolute Gasteiger partial charge is 0.325 e. The monoisotopic (exact) mass is 332 g/mol. The van der Waals surface area contributed by atoms with Gasteiger partial charge in [-0.15, -0.1) is 0 Å². The fraction of sp³-hybridized carbons (Fsp3) is 0.200. The molecule has 0 radical (unpaired) electrons. The molecule has 1 heterocycles. The summed E-state index contributed by atoms with van der Waals surface area (Å²) in [5.41, 5.74) is 4.79. The smallest absolute Gasteiger partial charge is 0.320 e. The van der Waals surface area contributed by atoms with E-state index < -0.39 is 0 Å². The zero-order chi connectivity index (χ0) is 17.8. The third-order valence-corrected chi connectivity index (χ3v) is 3.86.